The van der Waals surface area contributed by atoms with E-state index in [4.69, 9.17) is 10.5 Å². The molecule has 7 heteroatoms. The molecule has 0 aromatic heterocycles. The summed E-state index contributed by atoms with van der Waals surface area (Å²) in [6.07, 6.45) is 0. The molecule has 0 aliphatic rings. The van der Waals surface area contributed by atoms with E-state index in [-0.39, 0.29) is 18.3 Å². The summed E-state index contributed by atoms with van der Waals surface area (Å²) >= 11 is 0. The van der Waals surface area contributed by atoms with E-state index in [1.54, 1.807) is 19.1 Å². The molecule has 6 nitrogen and oxygen atoms in total. The van der Waals surface area contributed by atoms with Crippen LogP contribution in [0.3, 0.4) is 0 Å². The number of nitrogens with two attached hydrogens (primary N) is 1. The second-order valence-corrected chi connectivity index (χ2v) is 6.30. The van der Waals surface area contributed by atoms with Crippen molar-refractivity contribution < 1.29 is 18.7 Å². The highest BCUT2D eigenvalue weighted by molar-refractivity contribution is 5.88. The van der Waals surface area contributed by atoms with E-state index >= 15 is 0 Å². The minimum absolute atomic E-state index is 0.282. The average Bonchev–Trinajstić information content (AvgIpc) is 2.65. The van der Waals surface area contributed by atoms with Gasteiger partial charge < -0.3 is 21.1 Å². The van der Waals surface area contributed by atoms with Crippen molar-refractivity contribution in [1.29, 1.82) is 0 Å². The number of carbonyl (C=O) groups is 2. The molecular weight excluding hydrogens is 349 g/mol. The normalized spacial score (nSPS) is 12.9. The lowest BCUT2D eigenvalue weighted by Crippen LogP contribution is -2.49. The number of carbonyl (C=O) groups excluding carboxylic acids is 2. The Hall–Kier alpha value is -2.93. The first-order valence-electron chi connectivity index (χ1n) is 8.64. The summed E-state index contributed by atoms with van der Waals surface area (Å²) in [4.78, 5) is 22.9. The lowest BCUT2D eigenvalue weighted by atomic mass is 10.2. The van der Waals surface area contributed by atoms with E-state index < -0.39 is 18.0 Å². The van der Waals surface area contributed by atoms with Crippen LogP contribution in [-0.2, 0) is 22.7 Å². The molecule has 2 aromatic rings. The highest BCUT2D eigenvalue weighted by atomic mass is 19.1. The van der Waals surface area contributed by atoms with E-state index in [1.807, 2.05) is 24.3 Å². The Balaban J connectivity index is 1.79. The molecule has 2 atom stereocenters. The summed E-state index contributed by atoms with van der Waals surface area (Å²) in [5.74, 6) is -0.495. The fraction of sp³-hybridized carbons (Fsp3) is 0.300. The van der Waals surface area contributed by atoms with Gasteiger partial charge in [0, 0.05) is 6.54 Å². The van der Waals surface area contributed by atoms with Gasteiger partial charge in [0.15, 0.2) is 0 Å². The maximum atomic E-state index is 13.1. The first kappa shape index (κ1) is 20.4. The van der Waals surface area contributed by atoms with Crippen molar-refractivity contribution in [2.24, 2.45) is 5.73 Å². The van der Waals surface area contributed by atoms with Gasteiger partial charge in [0.2, 0.25) is 11.8 Å². The Morgan fingerprint density at radius 3 is 2.41 bits per heavy atom. The highest BCUT2D eigenvalue weighted by Crippen LogP contribution is 2.15. The first-order valence-corrected chi connectivity index (χ1v) is 8.64. The van der Waals surface area contributed by atoms with Crippen molar-refractivity contribution >= 4 is 11.8 Å². The molecule has 2 aromatic carbocycles. The van der Waals surface area contributed by atoms with Crippen molar-refractivity contribution in [3.05, 3.63) is 65.5 Å². The molecule has 0 saturated heterocycles. The van der Waals surface area contributed by atoms with E-state index in [0.29, 0.717) is 12.3 Å². The van der Waals surface area contributed by atoms with Gasteiger partial charge >= 0.3 is 0 Å². The second-order valence-electron chi connectivity index (χ2n) is 6.30. The van der Waals surface area contributed by atoms with Gasteiger partial charge in [0.25, 0.3) is 0 Å². The van der Waals surface area contributed by atoms with E-state index in [1.165, 1.54) is 19.1 Å². The topological polar surface area (TPSA) is 93.4 Å². The number of hydrogen-bond acceptors (Lipinski definition) is 4. The van der Waals surface area contributed by atoms with Gasteiger partial charge in [0.1, 0.15) is 24.2 Å². The predicted molar refractivity (Wildman–Crippen MR) is 100 cm³/mol. The SMILES string of the molecule is C[C@H](NC(=O)[C@H](C)NCc1ccc(OCc2cccc(F)c2)cc1)C(N)=O. The molecule has 0 radical (unpaired) electrons. The molecule has 0 unspecified atom stereocenters. The summed E-state index contributed by atoms with van der Waals surface area (Å²) < 4.78 is 18.8. The lowest BCUT2D eigenvalue weighted by molar-refractivity contribution is -0.128. The van der Waals surface area contributed by atoms with Crippen molar-refractivity contribution in [2.75, 3.05) is 0 Å². The molecule has 144 valence electrons. The van der Waals surface area contributed by atoms with Crippen LogP contribution < -0.4 is 21.1 Å². The molecule has 0 aliphatic carbocycles. The molecule has 2 rings (SSSR count). The monoisotopic (exact) mass is 373 g/mol. The van der Waals surface area contributed by atoms with Crippen LogP contribution in [0.5, 0.6) is 5.75 Å². The van der Waals surface area contributed by atoms with Gasteiger partial charge in [-0.2, -0.15) is 0 Å². The third-order valence-electron chi connectivity index (χ3n) is 4.01. The van der Waals surface area contributed by atoms with Crippen LogP contribution in [0, 0.1) is 5.82 Å². The minimum atomic E-state index is -0.712. The minimum Gasteiger partial charge on any atom is -0.489 e. The quantitative estimate of drug-likeness (QED) is 0.626. The Labute approximate surface area is 157 Å². The van der Waals surface area contributed by atoms with E-state index in [0.717, 1.165) is 11.1 Å². The Morgan fingerprint density at radius 1 is 1.07 bits per heavy atom. The molecule has 4 N–H and O–H groups in total. The third-order valence-corrected chi connectivity index (χ3v) is 4.01. The second kappa shape index (κ2) is 9.68. The van der Waals surface area contributed by atoms with Gasteiger partial charge in [0.05, 0.1) is 6.04 Å². The van der Waals surface area contributed by atoms with Crippen molar-refractivity contribution in [1.82, 2.24) is 10.6 Å². The van der Waals surface area contributed by atoms with Gasteiger partial charge in [-0.05, 0) is 49.2 Å². The smallest absolute Gasteiger partial charge is 0.239 e. The number of hydrogen-bond donors (Lipinski definition) is 3. The molecular formula is C20H24FN3O3. The molecule has 0 heterocycles. The number of benzene rings is 2. The zero-order valence-corrected chi connectivity index (χ0v) is 15.4. The summed E-state index contributed by atoms with van der Waals surface area (Å²) in [5, 5.41) is 5.62. The number of ether oxygens (including phenoxy) is 1. The molecule has 0 saturated carbocycles. The largest absolute Gasteiger partial charge is 0.489 e. The molecule has 0 fully saturated rings. The third kappa shape index (κ3) is 6.71. The predicted octanol–water partition coefficient (Wildman–Crippen LogP) is 1.87. The standard InChI is InChI=1S/C20H24FN3O3/c1-13(19(22)25)24-20(26)14(2)23-11-15-6-8-18(9-7-15)27-12-16-4-3-5-17(21)10-16/h3-10,13-14,23H,11-12H2,1-2H3,(H2,22,25)(H,24,26)/t13-,14-/m0/s1. The van der Waals surface area contributed by atoms with Crippen molar-refractivity contribution in [2.45, 2.75) is 39.1 Å². The molecule has 0 aliphatic heterocycles. The fourth-order valence-electron chi connectivity index (χ4n) is 2.27. The van der Waals surface area contributed by atoms with Crippen LogP contribution in [0.2, 0.25) is 0 Å². The molecule has 2 amide bonds. The van der Waals surface area contributed by atoms with E-state index in [2.05, 4.69) is 10.6 Å². The number of rotatable bonds is 9. The molecule has 0 spiro atoms. The maximum Gasteiger partial charge on any atom is 0.239 e. The van der Waals surface area contributed by atoms with Crippen LogP contribution in [0.1, 0.15) is 25.0 Å². The summed E-state index contributed by atoms with van der Waals surface area (Å²) in [5.41, 5.74) is 6.85. The Bertz CT molecular complexity index is 780. The van der Waals surface area contributed by atoms with Crippen LogP contribution in [0.15, 0.2) is 48.5 Å². The maximum absolute atomic E-state index is 13.1. The number of nitrogens with one attached hydrogen (secondary N) is 2. The number of primary amides is 1. The fourth-order valence-corrected chi connectivity index (χ4v) is 2.27. The van der Waals surface area contributed by atoms with Crippen LogP contribution in [0.25, 0.3) is 0 Å². The van der Waals surface area contributed by atoms with Crippen molar-refractivity contribution in [3.63, 3.8) is 0 Å². The summed E-state index contributed by atoms with van der Waals surface area (Å²) in [7, 11) is 0. The summed E-state index contributed by atoms with van der Waals surface area (Å²) in [6, 6.07) is 12.5. The Morgan fingerprint density at radius 2 is 1.78 bits per heavy atom. The van der Waals surface area contributed by atoms with Crippen LogP contribution >= 0.6 is 0 Å². The first-order chi connectivity index (χ1) is 12.8. The summed E-state index contributed by atoms with van der Waals surface area (Å²) in [6.45, 7) is 4.00. The average molecular weight is 373 g/mol. The molecule has 27 heavy (non-hydrogen) atoms. The van der Waals surface area contributed by atoms with Gasteiger partial charge in [-0.25, -0.2) is 4.39 Å². The van der Waals surface area contributed by atoms with Crippen LogP contribution in [-0.4, -0.2) is 23.9 Å². The number of halogens is 1. The lowest BCUT2D eigenvalue weighted by Gasteiger charge is -2.16. The van der Waals surface area contributed by atoms with Gasteiger partial charge in [-0.3, -0.25) is 9.59 Å². The molecule has 0 bridgehead atoms. The zero-order chi connectivity index (χ0) is 19.8. The van der Waals surface area contributed by atoms with Crippen LogP contribution in [0.4, 0.5) is 4.39 Å². The van der Waals surface area contributed by atoms with Crippen molar-refractivity contribution in [3.8, 4) is 5.75 Å². The zero-order valence-electron chi connectivity index (χ0n) is 15.4. The van der Waals surface area contributed by atoms with E-state index in [9.17, 15) is 14.0 Å². The number of amides is 2. The Kier molecular flexibility index (Phi) is 7.31. The highest BCUT2D eigenvalue weighted by Gasteiger charge is 2.17. The van der Waals surface area contributed by atoms with Gasteiger partial charge in [-0.1, -0.05) is 24.3 Å². The van der Waals surface area contributed by atoms with Gasteiger partial charge in [-0.15, -0.1) is 0 Å².